The summed E-state index contributed by atoms with van der Waals surface area (Å²) in [5.41, 5.74) is -0.161. The topological polar surface area (TPSA) is 29.5 Å². The van der Waals surface area contributed by atoms with Crippen LogP contribution in [0.4, 0.5) is 17.6 Å². The zero-order valence-corrected chi connectivity index (χ0v) is 10.8. The summed E-state index contributed by atoms with van der Waals surface area (Å²) < 4.78 is 56.6. The van der Waals surface area contributed by atoms with Crippen LogP contribution in [0.5, 0.6) is 5.75 Å². The molecule has 0 aliphatic heterocycles. The van der Waals surface area contributed by atoms with E-state index in [1.165, 1.54) is 30.3 Å². The van der Waals surface area contributed by atoms with Crippen LogP contribution in [-0.2, 0) is 6.18 Å². The number of alkyl halides is 3. The Labute approximate surface area is 118 Å². The van der Waals surface area contributed by atoms with Crippen LogP contribution in [0.25, 0.3) is 11.1 Å². The van der Waals surface area contributed by atoms with Crippen molar-refractivity contribution in [3.05, 3.63) is 53.8 Å². The Hall–Kier alpha value is -2.08. The van der Waals surface area contributed by atoms with Gasteiger partial charge in [-0.15, -0.1) is 0 Å². The van der Waals surface area contributed by atoms with Crippen molar-refractivity contribution < 1.29 is 27.4 Å². The van der Waals surface area contributed by atoms with E-state index in [1.807, 2.05) is 0 Å². The van der Waals surface area contributed by atoms with Gasteiger partial charge in [0, 0.05) is 0 Å². The van der Waals surface area contributed by atoms with Crippen LogP contribution in [0.3, 0.4) is 0 Å². The van der Waals surface area contributed by atoms with E-state index in [1.54, 1.807) is 0 Å². The Bertz CT molecular complexity index is 606. The number of aliphatic hydroxyl groups excluding tert-OH is 1. The normalized spacial score (nSPS) is 11.5. The summed E-state index contributed by atoms with van der Waals surface area (Å²) in [5.74, 6) is -0.472. The largest absolute Gasteiger partial charge is 0.491 e. The van der Waals surface area contributed by atoms with E-state index in [4.69, 9.17) is 9.84 Å². The predicted octanol–water partition coefficient (Wildman–Crippen LogP) is 3.88. The molecule has 2 rings (SSSR count). The number of rotatable bonds is 4. The Morgan fingerprint density at radius 2 is 1.62 bits per heavy atom. The molecule has 0 bridgehead atoms. The summed E-state index contributed by atoms with van der Waals surface area (Å²) in [6, 6.07) is 8.37. The Balaban J connectivity index is 2.46. The molecule has 6 heteroatoms. The van der Waals surface area contributed by atoms with Gasteiger partial charge in [-0.2, -0.15) is 13.2 Å². The molecule has 0 saturated heterocycles. The van der Waals surface area contributed by atoms with E-state index in [2.05, 4.69) is 0 Å². The molecule has 0 aromatic heterocycles. The van der Waals surface area contributed by atoms with Gasteiger partial charge in [0.2, 0.25) is 0 Å². The highest BCUT2D eigenvalue weighted by molar-refractivity contribution is 5.66. The molecular formula is C15H12F4O2. The SMILES string of the molecule is OCCOc1cc(-c2ccc(F)cc2)cc(C(F)(F)F)c1. The third-order valence-corrected chi connectivity index (χ3v) is 2.77. The summed E-state index contributed by atoms with van der Waals surface area (Å²) in [7, 11) is 0. The average molecular weight is 300 g/mol. The van der Waals surface area contributed by atoms with E-state index >= 15 is 0 Å². The van der Waals surface area contributed by atoms with Crippen molar-refractivity contribution in [1.82, 2.24) is 0 Å². The quantitative estimate of drug-likeness (QED) is 0.868. The van der Waals surface area contributed by atoms with Gasteiger partial charge in [0.1, 0.15) is 18.2 Å². The molecule has 0 heterocycles. The second kappa shape index (κ2) is 6.13. The fraction of sp³-hybridized carbons (Fsp3) is 0.200. The number of ether oxygens (including phenoxy) is 1. The van der Waals surface area contributed by atoms with Crippen LogP contribution < -0.4 is 4.74 Å². The second-order valence-corrected chi connectivity index (χ2v) is 4.32. The molecule has 0 unspecified atom stereocenters. The molecule has 0 aliphatic rings. The van der Waals surface area contributed by atoms with Gasteiger partial charge in [0.05, 0.1) is 12.2 Å². The first-order chi connectivity index (χ1) is 9.90. The minimum Gasteiger partial charge on any atom is -0.491 e. The van der Waals surface area contributed by atoms with Crippen molar-refractivity contribution in [2.75, 3.05) is 13.2 Å². The summed E-state index contributed by atoms with van der Waals surface area (Å²) in [5, 5.41) is 8.68. The molecule has 0 radical (unpaired) electrons. The van der Waals surface area contributed by atoms with Crippen molar-refractivity contribution in [3.63, 3.8) is 0 Å². The van der Waals surface area contributed by atoms with Crippen molar-refractivity contribution >= 4 is 0 Å². The fourth-order valence-corrected chi connectivity index (χ4v) is 1.82. The lowest BCUT2D eigenvalue weighted by atomic mass is 10.0. The molecule has 0 fully saturated rings. The van der Waals surface area contributed by atoms with Gasteiger partial charge in [0.25, 0.3) is 0 Å². The smallest absolute Gasteiger partial charge is 0.416 e. The summed E-state index contributed by atoms with van der Waals surface area (Å²) in [4.78, 5) is 0. The highest BCUT2D eigenvalue weighted by atomic mass is 19.4. The van der Waals surface area contributed by atoms with E-state index < -0.39 is 17.6 Å². The van der Waals surface area contributed by atoms with E-state index in [0.717, 1.165) is 12.1 Å². The van der Waals surface area contributed by atoms with Gasteiger partial charge in [0.15, 0.2) is 0 Å². The molecule has 0 saturated carbocycles. The van der Waals surface area contributed by atoms with E-state index in [9.17, 15) is 17.6 Å². The summed E-state index contributed by atoms with van der Waals surface area (Å²) >= 11 is 0. The Morgan fingerprint density at radius 1 is 0.952 bits per heavy atom. The van der Waals surface area contributed by atoms with Crippen LogP contribution in [0.1, 0.15) is 5.56 Å². The molecule has 2 nitrogen and oxygen atoms in total. The molecule has 0 amide bonds. The molecular weight excluding hydrogens is 288 g/mol. The van der Waals surface area contributed by atoms with Crippen molar-refractivity contribution in [1.29, 1.82) is 0 Å². The Kier molecular flexibility index (Phi) is 4.47. The van der Waals surface area contributed by atoms with Gasteiger partial charge < -0.3 is 9.84 Å². The van der Waals surface area contributed by atoms with Crippen molar-refractivity contribution in [2.45, 2.75) is 6.18 Å². The van der Waals surface area contributed by atoms with Crippen LogP contribution in [0, 0.1) is 5.82 Å². The molecule has 2 aromatic carbocycles. The van der Waals surface area contributed by atoms with E-state index in [0.29, 0.717) is 5.56 Å². The maximum absolute atomic E-state index is 12.9. The van der Waals surface area contributed by atoms with Gasteiger partial charge in [-0.3, -0.25) is 0 Å². The molecule has 112 valence electrons. The lowest BCUT2D eigenvalue weighted by Gasteiger charge is -2.13. The molecule has 1 N–H and O–H groups in total. The monoisotopic (exact) mass is 300 g/mol. The number of benzene rings is 2. The molecule has 21 heavy (non-hydrogen) atoms. The minimum absolute atomic E-state index is 0.00167. The minimum atomic E-state index is -4.52. The number of hydrogen-bond donors (Lipinski definition) is 1. The first-order valence-corrected chi connectivity index (χ1v) is 6.12. The van der Waals surface area contributed by atoms with E-state index in [-0.39, 0.29) is 24.5 Å². The average Bonchev–Trinajstić information content (AvgIpc) is 2.44. The maximum Gasteiger partial charge on any atom is 0.416 e. The molecule has 2 aromatic rings. The molecule has 0 atom stereocenters. The van der Waals surface area contributed by atoms with Crippen LogP contribution in [0.15, 0.2) is 42.5 Å². The zero-order valence-electron chi connectivity index (χ0n) is 10.8. The lowest BCUT2D eigenvalue weighted by molar-refractivity contribution is -0.137. The van der Waals surface area contributed by atoms with Crippen LogP contribution >= 0.6 is 0 Å². The predicted molar refractivity (Wildman–Crippen MR) is 69.4 cm³/mol. The maximum atomic E-state index is 12.9. The lowest BCUT2D eigenvalue weighted by Crippen LogP contribution is -2.07. The second-order valence-electron chi connectivity index (χ2n) is 4.32. The van der Waals surface area contributed by atoms with Crippen LogP contribution in [0.2, 0.25) is 0 Å². The van der Waals surface area contributed by atoms with Gasteiger partial charge in [-0.05, 0) is 41.5 Å². The first kappa shape index (κ1) is 15.3. The third-order valence-electron chi connectivity index (χ3n) is 2.77. The number of aliphatic hydroxyl groups is 1. The standard InChI is InChI=1S/C15H12F4O2/c16-13-3-1-10(2-4-13)11-7-12(15(17,18)19)9-14(8-11)21-6-5-20/h1-4,7-9,20H,5-6H2. The zero-order chi connectivity index (χ0) is 15.5. The van der Waals surface area contributed by atoms with Gasteiger partial charge in [-0.1, -0.05) is 12.1 Å². The van der Waals surface area contributed by atoms with Gasteiger partial charge in [-0.25, -0.2) is 4.39 Å². The van der Waals surface area contributed by atoms with Crippen molar-refractivity contribution in [2.24, 2.45) is 0 Å². The molecule has 0 aliphatic carbocycles. The van der Waals surface area contributed by atoms with Crippen molar-refractivity contribution in [3.8, 4) is 16.9 Å². The summed E-state index contributed by atoms with van der Waals surface area (Å²) in [6.45, 7) is -0.410. The highest BCUT2D eigenvalue weighted by Gasteiger charge is 2.31. The van der Waals surface area contributed by atoms with Gasteiger partial charge >= 0.3 is 6.18 Å². The third kappa shape index (κ3) is 3.95. The molecule has 0 spiro atoms. The van der Waals surface area contributed by atoms with Crippen LogP contribution in [-0.4, -0.2) is 18.3 Å². The number of halogens is 4. The number of hydrogen-bond acceptors (Lipinski definition) is 2. The Morgan fingerprint density at radius 3 is 2.19 bits per heavy atom. The first-order valence-electron chi connectivity index (χ1n) is 6.12. The fourth-order valence-electron chi connectivity index (χ4n) is 1.82. The summed E-state index contributed by atoms with van der Waals surface area (Å²) in [6.07, 6.45) is -4.52. The highest BCUT2D eigenvalue weighted by Crippen LogP contribution is 2.35.